The van der Waals surface area contributed by atoms with Gasteiger partial charge in [0.25, 0.3) is 5.89 Å². The molecule has 2 aliphatic rings. The van der Waals surface area contributed by atoms with Crippen LogP contribution in [0.5, 0.6) is 0 Å². The molecule has 0 spiro atoms. The molecule has 1 aromatic heterocycles. The lowest BCUT2D eigenvalue weighted by Crippen LogP contribution is -2.43. The van der Waals surface area contributed by atoms with Gasteiger partial charge in [-0.1, -0.05) is 0 Å². The van der Waals surface area contributed by atoms with E-state index in [1.165, 1.54) is 6.92 Å². The number of benzene rings is 1. The molecule has 2 N–H and O–H groups in total. The molecule has 2 unspecified atom stereocenters. The van der Waals surface area contributed by atoms with E-state index in [0.29, 0.717) is 17.4 Å². The van der Waals surface area contributed by atoms with Gasteiger partial charge in [-0.3, -0.25) is 9.59 Å². The predicted octanol–water partition coefficient (Wildman–Crippen LogP) is 1.73. The number of nitrogens with zero attached hydrogens (tertiary/aromatic N) is 2. The molecule has 1 aromatic carbocycles. The molecular weight excluding hydrogens is 320 g/mol. The normalized spacial score (nSPS) is 24.3. The number of piperidine rings is 1. The van der Waals surface area contributed by atoms with E-state index in [0.717, 1.165) is 31.6 Å². The molecule has 0 aliphatic carbocycles. The summed E-state index contributed by atoms with van der Waals surface area (Å²) in [5, 5.41) is 5.74. The molecule has 25 heavy (non-hydrogen) atoms. The quantitative estimate of drug-likeness (QED) is 0.885. The van der Waals surface area contributed by atoms with Crippen molar-refractivity contribution in [3.05, 3.63) is 36.4 Å². The van der Waals surface area contributed by atoms with Crippen LogP contribution < -0.4 is 10.6 Å². The van der Waals surface area contributed by atoms with Crippen LogP contribution >= 0.6 is 0 Å². The van der Waals surface area contributed by atoms with E-state index in [2.05, 4.69) is 20.5 Å². The molecule has 2 fully saturated rings. The third-order valence-electron chi connectivity index (χ3n) is 4.84. The Labute approximate surface area is 145 Å². The molecule has 2 saturated heterocycles. The van der Waals surface area contributed by atoms with E-state index in [9.17, 15) is 9.59 Å². The lowest BCUT2D eigenvalue weighted by molar-refractivity contribution is -0.114. The largest absolute Gasteiger partial charge is 0.432 e. The molecule has 7 nitrogen and oxygen atoms in total. The fraction of sp³-hybridized carbons (Fsp3) is 0.389. The van der Waals surface area contributed by atoms with Gasteiger partial charge in [-0.15, -0.1) is 0 Å². The number of carbonyl (C=O) groups excluding carboxylic acids is 2. The highest BCUT2D eigenvalue weighted by atomic mass is 16.4. The minimum absolute atomic E-state index is 0.0821. The Kier molecular flexibility index (Phi) is 4.01. The van der Waals surface area contributed by atoms with Gasteiger partial charge in [0.2, 0.25) is 5.91 Å². The van der Waals surface area contributed by atoms with Gasteiger partial charge >= 0.3 is 5.91 Å². The number of fused-ring (bicyclic) bond motifs is 2. The Morgan fingerprint density at radius 1 is 1.24 bits per heavy atom. The van der Waals surface area contributed by atoms with Gasteiger partial charge in [-0.2, -0.15) is 0 Å². The predicted molar refractivity (Wildman–Crippen MR) is 92.0 cm³/mol. The molecule has 130 valence electrons. The van der Waals surface area contributed by atoms with E-state index in [4.69, 9.17) is 4.42 Å². The first-order valence-corrected chi connectivity index (χ1v) is 8.45. The van der Waals surface area contributed by atoms with Crippen LogP contribution in [0.15, 0.2) is 34.9 Å². The second-order valence-electron chi connectivity index (χ2n) is 6.68. The fourth-order valence-corrected chi connectivity index (χ4v) is 3.61. The van der Waals surface area contributed by atoms with Crippen molar-refractivity contribution in [3.63, 3.8) is 0 Å². The second-order valence-corrected chi connectivity index (χ2v) is 6.68. The highest BCUT2D eigenvalue weighted by molar-refractivity contribution is 5.90. The minimum Gasteiger partial charge on any atom is -0.432 e. The van der Waals surface area contributed by atoms with E-state index in [1.54, 1.807) is 18.3 Å². The van der Waals surface area contributed by atoms with Gasteiger partial charge in [-0.05, 0) is 43.1 Å². The first-order valence-electron chi connectivity index (χ1n) is 8.45. The van der Waals surface area contributed by atoms with E-state index in [-0.39, 0.29) is 23.7 Å². The number of hydrogen-bond donors (Lipinski definition) is 2. The van der Waals surface area contributed by atoms with Crippen molar-refractivity contribution >= 4 is 17.5 Å². The lowest BCUT2D eigenvalue weighted by atomic mass is 10.0. The molecule has 2 aromatic rings. The third kappa shape index (κ3) is 3.28. The van der Waals surface area contributed by atoms with E-state index < -0.39 is 0 Å². The summed E-state index contributed by atoms with van der Waals surface area (Å²) in [6.45, 7) is 4.58. The summed E-state index contributed by atoms with van der Waals surface area (Å²) in [7, 11) is 0. The lowest BCUT2D eigenvalue weighted by Gasteiger charge is -2.22. The van der Waals surface area contributed by atoms with Gasteiger partial charge in [0.15, 0.2) is 5.76 Å². The van der Waals surface area contributed by atoms with Crippen LogP contribution in [-0.4, -0.2) is 47.4 Å². The van der Waals surface area contributed by atoms with Crippen molar-refractivity contribution in [1.82, 2.24) is 15.2 Å². The van der Waals surface area contributed by atoms with Crippen molar-refractivity contribution in [3.8, 4) is 11.3 Å². The fourth-order valence-electron chi connectivity index (χ4n) is 3.61. The Hall–Kier alpha value is -2.67. The van der Waals surface area contributed by atoms with E-state index in [1.807, 2.05) is 12.1 Å². The Morgan fingerprint density at radius 3 is 2.68 bits per heavy atom. The highest BCUT2D eigenvalue weighted by Gasteiger charge is 2.39. The molecule has 0 saturated carbocycles. The first-order chi connectivity index (χ1) is 12.1. The standard InChI is InChI=1S/C18H20N4O3/c1-11(23)20-14-4-2-12(3-5-14)16-8-19-18(25-16)17(24)21-15-10-22-7-6-13(15)9-22/h2-5,8,13,15H,6-7,9-10H2,1H3,(H,20,23)(H,21,24)/t13-,15?/m0/s1. The molecule has 4 rings (SSSR count). The summed E-state index contributed by atoms with van der Waals surface area (Å²) < 4.78 is 5.62. The monoisotopic (exact) mass is 340 g/mol. The molecule has 7 heteroatoms. The number of amides is 2. The van der Waals surface area contributed by atoms with Crippen LogP contribution in [0, 0.1) is 5.92 Å². The Morgan fingerprint density at radius 2 is 2.04 bits per heavy atom. The maximum atomic E-state index is 12.4. The average molecular weight is 340 g/mol. The zero-order chi connectivity index (χ0) is 17.4. The smallest absolute Gasteiger partial charge is 0.307 e. The summed E-state index contributed by atoms with van der Waals surface area (Å²) in [6, 6.07) is 7.38. The zero-order valence-corrected chi connectivity index (χ0v) is 14.0. The molecule has 2 amide bonds. The number of hydrogen-bond acceptors (Lipinski definition) is 5. The molecule has 2 aliphatic heterocycles. The molecule has 0 radical (unpaired) electrons. The van der Waals surface area contributed by atoms with Gasteiger partial charge in [0, 0.05) is 37.3 Å². The van der Waals surface area contributed by atoms with Crippen LogP contribution in [0.4, 0.5) is 5.69 Å². The van der Waals surface area contributed by atoms with Crippen LogP contribution in [0.2, 0.25) is 0 Å². The molecule has 3 atom stereocenters. The van der Waals surface area contributed by atoms with Crippen LogP contribution in [-0.2, 0) is 4.79 Å². The second kappa shape index (κ2) is 6.33. The van der Waals surface area contributed by atoms with Gasteiger partial charge in [0.1, 0.15) is 0 Å². The van der Waals surface area contributed by atoms with E-state index >= 15 is 0 Å². The van der Waals surface area contributed by atoms with Crippen LogP contribution in [0.3, 0.4) is 0 Å². The van der Waals surface area contributed by atoms with Crippen molar-refractivity contribution in [1.29, 1.82) is 0 Å². The zero-order valence-electron chi connectivity index (χ0n) is 14.0. The molecular formula is C18H20N4O3. The van der Waals surface area contributed by atoms with Gasteiger partial charge in [-0.25, -0.2) is 4.98 Å². The maximum Gasteiger partial charge on any atom is 0.307 e. The van der Waals surface area contributed by atoms with Gasteiger partial charge in [0.05, 0.1) is 6.20 Å². The summed E-state index contributed by atoms with van der Waals surface area (Å²) in [4.78, 5) is 29.9. The highest BCUT2D eigenvalue weighted by Crippen LogP contribution is 2.28. The Bertz CT molecular complexity index is 799. The third-order valence-corrected chi connectivity index (χ3v) is 4.84. The summed E-state index contributed by atoms with van der Waals surface area (Å²) in [5.41, 5.74) is 1.51. The SMILES string of the molecule is CC(=O)Nc1ccc(-c2cnc(C(=O)NC3CN4CC[C@H]3C4)o2)cc1. The summed E-state index contributed by atoms with van der Waals surface area (Å²) >= 11 is 0. The van der Waals surface area contributed by atoms with Crippen molar-refractivity contribution in [2.75, 3.05) is 25.0 Å². The topological polar surface area (TPSA) is 87.5 Å². The number of aromatic nitrogens is 1. The number of rotatable bonds is 4. The first kappa shape index (κ1) is 15.8. The summed E-state index contributed by atoms with van der Waals surface area (Å²) in [6.07, 6.45) is 2.69. The van der Waals surface area contributed by atoms with Crippen LogP contribution in [0.25, 0.3) is 11.3 Å². The summed E-state index contributed by atoms with van der Waals surface area (Å²) in [5.74, 6) is 0.762. The van der Waals surface area contributed by atoms with Crippen molar-refractivity contribution in [2.24, 2.45) is 5.92 Å². The Balaban J connectivity index is 1.42. The number of anilines is 1. The number of oxazole rings is 1. The van der Waals surface area contributed by atoms with Crippen molar-refractivity contribution in [2.45, 2.75) is 19.4 Å². The maximum absolute atomic E-state index is 12.4. The van der Waals surface area contributed by atoms with Gasteiger partial charge < -0.3 is 20.0 Å². The number of nitrogens with one attached hydrogen (secondary N) is 2. The molecule has 3 heterocycles. The minimum atomic E-state index is -0.264. The van der Waals surface area contributed by atoms with Crippen molar-refractivity contribution < 1.29 is 14.0 Å². The average Bonchev–Trinajstić information content (AvgIpc) is 3.31. The molecule has 2 bridgehead atoms. The van der Waals surface area contributed by atoms with Crippen LogP contribution in [0.1, 0.15) is 24.0 Å². The number of carbonyl (C=O) groups is 2.